The summed E-state index contributed by atoms with van der Waals surface area (Å²) < 4.78 is 0. The van der Waals surface area contributed by atoms with E-state index in [0.717, 1.165) is 0 Å². The summed E-state index contributed by atoms with van der Waals surface area (Å²) in [6.07, 6.45) is 0. The molecule has 3 nitrogen and oxygen atoms in total. The minimum atomic E-state index is -0.335. The van der Waals surface area contributed by atoms with Crippen molar-refractivity contribution in [2.24, 2.45) is 23.5 Å². The molecule has 0 fully saturated rings. The Kier molecular flexibility index (Phi) is 4.11. The molecule has 0 radical (unpaired) electrons. The summed E-state index contributed by atoms with van der Waals surface area (Å²) in [5.41, 5.74) is 5.10. The molecular formula is C8H17NO2. The molecule has 0 spiro atoms. The first-order chi connectivity index (χ1) is 5.00. The molecule has 0 aromatic rings. The van der Waals surface area contributed by atoms with Crippen LogP contribution in [-0.4, -0.2) is 17.6 Å². The highest BCUT2D eigenvalue weighted by Crippen LogP contribution is 2.19. The first-order valence-corrected chi connectivity index (χ1v) is 3.90. The molecule has 0 heterocycles. The maximum atomic E-state index is 10.7. The Morgan fingerprint density at radius 2 is 1.91 bits per heavy atom. The largest absolute Gasteiger partial charge is 0.396 e. The lowest BCUT2D eigenvalue weighted by molar-refractivity contribution is -0.124. The van der Waals surface area contributed by atoms with E-state index in [1.54, 1.807) is 6.92 Å². The van der Waals surface area contributed by atoms with Crippen LogP contribution in [0.25, 0.3) is 0 Å². The number of hydrogen-bond donors (Lipinski definition) is 2. The van der Waals surface area contributed by atoms with E-state index < -0.39 is 0 Å². The smallest absolute Gasteiger partial charge is 0.220 e. The van der Waals surface area contributed by atoms with Gasteiger partial charge in [0.15, 0.2) is 0 Å². The van der Waals surface area contributed by atoms with Gasteiger partial charge in [-0.3, -0.25) is 4.79 Å². The van der Waals surface area contributed by atoms with Crippen LogP contribution >= 0.6 is 0 Å². The molecule has 2 atom stereocenters. The van der Waals surface area contributed by atoms with Crippen LogP contribution in [0.15, 0.2) is 0 Å². The molecule has 0 aromatic heterocycles. The topological polar surface area (TPSA) is 63.3 Å². The van der Waals surface area contributed by atoms with E-state index in [1.807, 2.05) is 13.8 Å². The number of hydrogen-bond acceptors (Lipinski definition) is 2. The number of carbonyl (C=O) groups is 1. The Morgan fingerprint density at radius 1 is 1.45 bits per heavy atom. The van der Waals surface area contributed by atoms with E-state index in [2.05, 4.69) is 0 Å². The Hall–Kier alpha value is -0.570. The van der Waals surface area contributed by atoms with Crippen molar-refractivity contribution in [3.05, 3.63) is 0 Å². The van der Waals surface area contributed by atoms with Crippen LogP contribution in [0.1, 0.15) is 20.8 Å². The van der Waals surface area contributed by atoms with Gasteiger partial charge in [0.05, 0.1) is 0 Å². The Morgan fingerprint density at radius 3 is 2.00 bits per heavy atom. The average Bonchev–Trinajstić information content (AvgIpc) is 1.88. The normalized spacial score (nSPS) is 16.5. The van der Waals surface area contributed by atoms with Gasteiger partial charge in [-0.15, -0.1) is 0 Å². The van der Waals surface area contributed by atoms with Gasteiger partial charge >= 0.3 is 0 Å². The van der Waals surface area contributed by atoms with Crippen molar-refractivity contribution in [2.45, 2.75) is 20.8 Å². The van der Waals surface area contributed by atoms with E-state index in [1.165, 1.54) is 0 Å². The molecule has 2 unspecified atom stereocenters. The van der Waals surface area contributed by atoms with Crippen LogP contribution in [0.4, 0.5) is 0 Å². The van der Waals surface area contributed by atoms with Crippen LogP contribution in [0.2, 0.25) is 0 Å². The first-order valence-electron chi connectivity index (χ1n) is 3.90. The fourth-order valence-electron chi connectivity index (χ4n) is 1.16. The van der Waals surface area contributed by atoms with Gasteiger partial charge in [-0.1, -0.05) is 20.8 Å². The summed E-state index contributed by atoms with van der Waals surface area (Å²) in [4.78, 5) is 10.7. The highest BCUT2D eigenvalue weighted by molar-refractivity contribution is 5.76. The molecule has 0 aliphatic rings. The van der Waals surface area contributed by atoms with Crippen molar-refractivity contribution in [1.29, 1.82) is 0 Å². The Labute approximate surface area is 67.6 Å². The van der Waals surface area contributed by atoms with Crippen LogP contribution < -0.4 is 5.73 Å². The molecule has 0 aromatic carbocycles. The first kappa shape index (κ1) is 10.4. The maximum Gasteiger partial charge on any atom is 0.220 e. The summed E-state index contributed by atoms with van der Waals surface area (Å²) in [6, 6.07) is 0. The molecule has 11 heavy (non-hydrogen) atoms. The number of amides is 1. The van der Waals surface area contributed by atoms with Gasteiger partial charge in [-0.05, 0) is 11.8 Å². The highest BCUT2D eigenvalue weighted by Gasteiger charge is 2.23. The van der Waals surface area contributed by atoms with Crippen molar-refractivity contribution in [2.75, 3.05) is 6.61 Å². The quantitative estimate of drug-likeness (QED) is 0.622. The molecule has 3 heteroatoms. The second-order valence-electron chi connectivity index (χ2n) is 3.28. The predicted octanol–water partition coefficient (Wildman–Crippen LogP) is 0.372. The second kappa shape index (κ2) is 4.34. The molecule has 0 rings (SSSR count). The Bertz CT molecular complexity index is 134. The number of aliphatic hydroxyl groups excluding tert-OH is 1. The number of rotatable bonds is 4. The lowest BCUT2D eigenvalue weighted by Gasteiger charge is -2.22. The fraction of sp³-hybridized carbons (Fsp3) is 0.875. The molecule has 0 bridgehead atoms. The zero-order chi connectivity index (χ0) is 9.02. The number of nitrogens with two attached hydrogens (primary N) is 1. The minimum Gasteiger partial charge on any atom is -0.396 e. The van der Waals surface area contributed by atoms with E-state index in [4.69, 9.17) is 10.8 Å². The zero-order valence-electron chi connectivity index (χ0n) is 7.37. The average molecular weight is 159 g/mol. The van der Waals surface area contributed by atoms with Crippen molar-refractivity contribution in [3.63, 3.8) is 0 Å². The molecule has 0 aliphatic heterocycles. The maximum absolute atomic E-state index is 10.7. The molecule has 0 aliphatic carbocycles. The monoisotopic (exact) mass is 159 g/mol. The Balaban J connectivity index is 4.13. The number of carbonyl (C=O) groups excluding carboxylic acids is 1. The van der Waals surface area contributed by atoms with Crippen molar-refractivity contribution in [3.8, 4) is 0 Å². The molecule has 0 saturated carbocycles. The third-order valence-electron chi connectivity index (χ3n) is 2.16. The number of primary amides is 1. The third kappa shape index (κ3) is 2.89. The van der Waals surface area contributed by atoms with Crippen LogP contribution in [0.3, 0.4) is 0 Å². The molecule has 1 amide bonds. The lowest BCUT2D eigenvalue weighted by atomic mass is 9.85. The zero-order valence-corrected chi connectivity index (χ0v) is 7.37. The van der Waals surface area contributed by atoms with Crippen molar-refractivity contribution >= 4 is 5.91 Å². The third-order valence-corrected chi connectivity index (χ3v) is 2.16. The summed E-state index contributed by atoms with van der Waals surface area (Å²) in [5, 5.41) is 8.91. The summed E-state index contributed by atoms with van der Waals surface area (Å²) in [6.45, 7) is 5.73. The van der Waals surface area contributed by atoms with Gasteiger partial charge in [0.25, 0.3) is 0 Å². The van der Waals surface area contributed by atoms with Gasteiger partial charge in [0, 0.05) is 12.5 Å². The van der Waals surface area contributed by atoms with Gasteiger partial charge < -0.3 is 10.8 Å². The molecular weight excluding hydrogens is 142 g/mol. The van der Waals surface area contributed by atoms with Crippen molar-refractivity contribution in [1.82, 2.24) is 0 Å². The van der Waals surface area contributed by atoms with E-state index in [0.29, 0.717) is 5.92 Å². The van der Waals surface area contributed by atoms with E-state index in [-0.39, 0.29) is 24.3 Å². The highest BCUT2D eigenvalue weighted by atomic mass is 16.3. The summed E-state index contributed by atoms with van der Waals surface area (Å²) >= 11 is 0. The van der Waals surface area contributed by atoms with Gasteiger partial charge in [0.1, 0.15) is 0 Å². The van der Waals surface area contributed by atoms with Gasteiger partial charge in [-0.2, -0.15) is 0 Å². The molecule has 0 saturated heterocycles. The van der Waals surface area contributed by atoms with Crippen LogP contribution in [0, 0.1) is 17.8 Å². The number of aliphatic hydroxyl groups is 1. The standard InChI is InChI=1S/C8H17NO2/c1-5(2)7(4-10)6(3)8(9)11/h5-7,10H,4H2,1-3H3,(H2,9,11). The SMILES string of the molecule is CC(C)C(CO)C(C)C(N)=O. The van der Waals surface area contributed by atoms with E-state index >= 15 is 0 Å². The van der Waals surface area contributed by atoms with Gasteiger partial charge in [-0.25, -0.2) is 0 Å². The summed E-state index contributed by atoms with van der Waals surface area (Å²) in [5.74, 6) is -0.284. The van der Waals surface area contributed by atoms with Crippen LogP contribution in [-0.2, 0) is 4.79 Å². The molecule has 3 N–H and O–H groups in total. The minimum absolute atomic E-state index is 0.00694. The van der Waals surface area contributed by atoms with Crippen molar-refractivity contribution < 1.29 is 9.90 Å². The fourth-order valence-corrected chi connectivity index (χ4v) is 1.16. The predicted molar refractivity (Wildman–Crippen MR) is 43.8 cm³/mol. The van der Waals surface area contributed by atoms with Gasteiger partial charge in [0.2, 0.25) is 5.91 Å². The molecule has 66 valence electrons. The summed E-state index contributed by atoms with van der Waals surface area (Å²) in [7, 11) is 0. The second-order valence-corrected chi connectivity index (χ2v) is 3.28. The lowest BCUT2D eigenvalue weighted by Crippen LogP contribution is -2.32. The van der Waals surface area contributed by atoms with E-state index in [9.17, 15) is 4.79 Å². The van der Waals surface area contributed by atoms with Crippen LogP contribution in [0.5, 0.6) is 0 Å².